The van der Waals surface area contributed by atoms with Gasteiger partial charge in [0, 0.05) is 0 Å². The predicted octanol–water partition coefficient (Wildman–Crippen LogP) is 4.00. The number of rotatable bonds is 4. The number of hydrogen-bond acceptors (Lipinski definition) is 0. The molecule has 1 aliphatic carbocycles. The van der Waals surface area contributed by atoms with Crippen molar-refractivity contribution in [2.24, 2.45) is 11.8 Å². The largest absolute Gasteiger partial charge is 0.0654 e. The lowest BCUT2D eigenvalue weighted by Crippen LogP contribution is -1.95. The summed E-state index contributed by atoms with van der Waals surface area (Å²) in [7, 11) is 0. The first kappa shape index (κ1) is 9.09. The normalized spacial score (nSPS) is 31.1. The van der Waals surface area contributed by atoms with Crippen molar-refractivity contribution in [2.45, 2.75) is 58.8 Å². The van der Waals surface area contributed by atoms with Crippen LogP contribution in [0.2, 0.25) is 0 Å². The summed E-state index contributed by atoms with van der Waals surface area (Å²) in [5, 5.41) is 0. The molecule has 1 rings (SSSR count). The van der Waals surface area contributed by atoms with Gasteiger partial charge < -0.3 is 0 Å². The second kappa shape index (κ2) is 4.79. The lowest BCUT2D eigenvalue weighted by molar-refractivity contribution is 0.440. The van der Waals surface area contributed by atoms with E-state index in [4.69, 9.17) is 0 Å². The standard InChI is InChI=1S/C11H22/c1-3-5-10-7-8-11(9-10)6-4-2/h10-11H,3-9H2,1-2H3/t10-,11-/m0/s1. The highest BCUT2D eigenvalue weighted by Crippen LogP contribution is 2.35. The van der Waals surface area contributed by atoms with Gasteiger partial charge in [-0.2, -0.15) is 0 Å². The summed E-state index contributed by atoms with van der Waals surface area (Å²) in [4.78, 5) is 0. The van der Waals surface area contributed by atoms with Gasteiger partial charge in [-0.05, 0) is 18.3 Å². The van der Waals surface area contributed by atoms with E-state index in [9.17, 15) is 0 Å². The van der Waals surface area contributed by atoms with E-state index in [0.29, 0.717) is 0 Å². The maximum Gasteiger partial charge on any atom is -0.0412 e. The molecule has 0 saturated heterocycles. The Bertz CT molecular complexity index is 84.2. The molecule has 0 aromatic heterocycles. The van der Waals surface area contributed by atoms with E-state index in [-0.39, 0.29) is 0 Å². The summed E-state index contributed by atoms with van der Waals surface area (Å²) in [5.74, 6) is 2.19. The van der Waals surface area contributed by atoms with E-state index < -0.39 is 0 Å². The van der Waals surface area contributed by atoms with Crippen LogP contribution in [-0.2, 0) is 0 Å². The maximum atomic E-state index is 2.31. The molecule has 0 heteroatoms. The molecule has 0 nitrogen and oxygen atoms in total. The minimum absolute atomic E-state index is 1.09. The lowest BCUT2D eigenvalue weighted by Gasteiger charge is -2.08. The third-order valence-electron chi connectivity index (χ3n) is 3.04. The zero-order chi connectivity index (χ0) is 8.10. The van der Waals surface area contributed by atoms with Crippen LogP contribution in [0.4, 0.5) is 0 Å². The van der Waals surface area contributed by atoms with Crippen LogP contribution in [0.25, 0.3) is 0 Å². The van der Waals surface area contributed by atoms with Crippen LogP contribution < -0.4 is 0 Å². The molecule has 66 valence electrons. The Kier molecular flexibility index (Phi) is 3.96. The Balaban J connectivity index is 2.12. The Morgan fingerprint density at radius 2 is 1.36 bits per heavy atom. The van der Waals surface area contributed by atoms with Gasteiger partial charge in [0.2, 0.25) is 0 Å². The van der Waals surface area contributed by atoms with Gasteiger partial charge in [0.1, 0.15) is 0 Å². The summed E-state index contributed by atoms with van der Waals surface area (Å²) in [6, 6.07) is 0. The molecule has 0 aromatic rings. The molecule has 0 unspecified atom stereocenters. The third kappa shape index (κ3) is 2.84. The molecule has 0 amide bonds. The van der Waals surface area contributed by atoms with Crippen molar-refractivity contribution in [2.75, 3.05) is 0 Å². The summed E-state index contributed by atoms with van der Waals surface area (Å²) >= 11 is 0. The molecule has 1 saturated carbocycles. The summed E-state index contributed by atoms with van der Waals surface area (Å²) < 4.78 is 0. The highest BCUT2D eigenvalue weighted by atomic mass is 14.3. The van der Waals surface area contributed by atoms with Gasteiger partial charge in [-0.1, -0.05) is 52.4 Å². The van der Waals surface area contributed by atoms with Crippen LogP contribution >= 0.6 is 0 Å². The van der Waals surface area contributed by atoms with E-state index in [1.165, 1.54) is 38.5 Å². The van der Waals surface area contributed by atoms with Crippen molar-refractivity contribution in [1.29, 1.82) is 0 Å². The summed E-state index contributed by atoms with van der Waals surface area (Å²) in [6.07, 6.45) is 10.4. The monoisotopic (exact) mass is 154 g/mol. The molecular weight excluding hydrogens is 132 g/mol. The SMILES string of the molecule is CCC[C@H]1CC[C@H](CCC)C1. The van der Waals surface area contributed by atoms with Gasteiger partial charge in [-0.3, -0.25) is 0 Å². The van der Waals surface area contributed by atoms with Crippen LogP contribution in [-0.4, -0.2) is 0 Å². The number of hydrogen-bond donors (Lipinski definition) is 0. The fourth-order valence-electron chi connectivity index (χ4n) is 2.52. The molecule has 0 radical (unpaired) electrons. The first-order valence-electron chi connectivity index (χ1n) is 5.36. The van der Waals surface area contributed by atoms with Crippen molar-refractivity contribution >= 4 is 0 Å². The van der Waals surface area contributed by atoms with Crippen molar-refractivity contribution in [3.63, 3.8) is 0 Å². The van der Waals surface area contributed by atoms with Crippen molar-refractivity contribution in [3.8, 4) is 0 Å². The zero-order valence-corrected chi connectivity index (χ0v) is 8.10. The van der Waals surface area contributed by atoms with E-state index in [2.05, 4.69) is 13.8 Å². The zero-order valence-electron chi connectivity index (χ0n) is 8.10. The summed E-state index contributed by atoms with van der Waals surface area (Å²) in [6.45, 7) is 4.63. The fourth-order valence-corrected chi connectivity index (χ4v) is 2.52. The van der Waals surface area contributed by atoms with Crippen LogP contribution in [0, 0.1) is 11.8 Å². The predicted molar refractivity (Wildman–Crippen MR) is 50.6 cm³/mol. The third-order valence-corrected chi connectivity index (χ3v) is 3.04. The molecule has 1 aliphatic rings. The fraction of sp³-hybridized carbons (Fsp3) is 1.00. The van der Waals surface area contributed by atoms with Crippen molar-refractivity contribution in [3.05, 3.63) is 0 Å². The molecule has 1 fully saturated rings. The van der Waals surface area contributed by atoms with Crippen LogP contribution in [0.15, 0.2) is 0 Å². The van der Waals surface area contributed by atoms with Gasteiger partial charge >= 0.3 is 0 Å². The van der Waals surface area contributed by atoms with Crippen LogP contribution in [0.5, 0.6) is 0 Å². The molecule has 0 heterocycles. The van der Waals surface area contributed by atoms with E-state index in [1.54, 1.807) is 6.42 Å². The van der Waals surface area contributed by atoms with E-state index >= 15 is 0 Å². The van der Waals surface area contributed by atoms with Crippen LogP contribution in [0.3, 0.4) is 0 Å². The highest BCUT2D eigenvalue weighted by molar-refractivity contribution is 4.74. The van der Waals surface area contributed by atoms with Gasteiger partial charge in [0.25, 0.3) is 0 Å². The molecule has 2 atom stereocenters. The lowest BCUT2D eigenvalue weighted by atomic mass is 9.98. The topological polar surface area (TPSA) is 0 Å². The van der Waals surface area contributed by atoms with Gasteiger partial charge in [0.15, 0.2) is 0 Å². The van der Waals surface area contributed by atoms with E-state index in [0.717, 1.165) is 11.8 Å². The molecule has 0 spiro atoms. The second-order valence-corrected chi connectivity index (χ2v) is 4.12. The quantitative estimate of drug-likeness (QED) is 0.574. The molecule has 0 bridgehead atoms. The van der Waals surface area contributed by atoms with Crippen molar-refractivity contribution in [1.82, 2.24) is 0 Å². The Hall–Kier alpha value is 0. The Morgan fingerprint density at radius 1 is 0.909 bits per heavy atom. The van der Waals surface area contributed by atoms with Crippen molar-refractivity contribution < 1.29 is 0 Å². The first-order valence-corrected chi connectivity index (χ1v) is 5.36. The minimum atomic E-state index is 1.09. The smallest absolute Gasteiger partial charge is 0.0412 e. The Morgan fingerprint density at radius 3 is 1.73 bits per heavy atom. The second-order valence-electron chi connectivity index (χ2n) is 4.12. The summed E-state index contributed by atoms with van der Waals surface area (Å²) in [5.41, 5.74) is 0. The average molecular weight is 154 g/mol. The van der Waals surface area contributed by atoms with Gasteiger partial charge in [-0.25, -0.2) is 0 Å². The molecule has 11 heavy (non-hydrogen) atoms. The van der Waals surface area contributed by atoms with E-state index in [1.807, 2.05) is 0 Å². The van der Waals surface area contributed by atoms with Crippen LogP contribution in [0.1, 0.15) is 58.8 Å². The van der Waals surface area contributed by atoms with Gasteiger partial charge in [-0.15, -0.1) is 0 Å². The highest BCUT2D eigenvalue weighted by Gasteiger charge is 2.22. The van der Waals surface area contributed by atoms with Gasteiger partial charge in [0.05, 0.1) is 0 Å². The molecular formula is C11H22. The molecule has 0 aliphatic heterocycles. The first-order chi connectivity index (χ1) is 5.36. The minimum Gasteiger partial charge on any atom is -0.0654 e. The Labute approximate surface area is 71.4 Å². The molecule has 0 aromatic carbocycles. The molecule has 0 N–H and O–H groups in total. The maximum absolute atomic E-state index is 2.31. The average Bonchev–Trinajstić information content (AvgIpc) is 2.38.